The minimum atomic E-state index is -1.08. The highest BCUT2D eigenvalue weighted by Gasteiger charge is 2.24. The third-order valence-electron chi connectivity index (χ3n) is 3.92. The highest BCUT2D eigenvalue weighted by atomic mass is 16.4. The van der Waals surface area contributed by atoms with Gasteiger partial charge in [-0.05, 0) is 20.3 Å². The van der Waals surface area contributed by atoms with Crippen molar-refractivity contribution in [1.82, 2.24) is 19.5 Å². The molecule has 0 spiro atoms. The zero-order valence-electron chi connectivity index (χ0n) is 13.4. The van der Waals surface area contributed by atoms with Gasteiger partial charge in [-0.3, -0.25) is 19.5 Å². The van der Waals surface area contributed by atoms with Gasteiger partial charge in [0.2, 0.25) is 5.91 Å². The zero-order valence-corrected chi connectivity index (χ0v) is 13.4. The van der Waals surface area contributed by atoms with Crippen molar-refractivity contribution in [1.29, 1.82) is 0 Å². The molecular formula is C15H20N4O4. The summed E-state index contributed by atoms with van der Waals surface area (Å²) in [4.78, 5) is 41.5. The summed E-state index contributed by atoms with van der Waals surface area (Å²) in [5, 5.41) is 11.7. The van der Waals surface area contributed by atoms with Crippen LogP contribution in [0.2, 0.25) is 0 Å². The number of hydrogen-bond acceptors (Lipinski definition) is 4. The number of rotatable bonds is 6. The molecule has 0 aliphatic heterocycles. The number of aliphatic carboxylic acids is 1. The van der Waals surface area contributed by atoms with Crippen molar-refractivity contribution in [3.8, 4) is 0 Å². The molecule has 2 heterocycles. The molecule has 0 aromatic carbocycles. The van der Waals surface area contributed by atoms with E-state index < -0.39 is 11.9 Å². The molecule has 0 saturated carbocycles. The summed E-state index contributed by atoms with van der Waals surface area (Å²) in [5.41, 5.74) is 0.884. The largest absolute Gasteiger partial charge is 0.480 e. The molecule has 1 atom stereocenters. The standard InChI is InChI=1S/C15H20N4O4/c1-4-9(2)18(8-14(21)22)13(20)7-11-10(3)17-12-5-6-16-19(12)15(11)23/h5-6,9,16H,4,7-8H2,1-3H3,(H,21,22). The van der Waals surface area contributed by atoms with Gasteiger partial charge in [0.15, 0.2) is 5.65 Å². The predicted molar refractivity (Wildman–Crippen MR) is 83.4 cm³/mol. The van der Waals surface area contributed by atoms with Crippen LogP contribution in [0.5, 0.6) is 0 Å². The average molecular weight is 320 g/mol. The maximum absolute atomic E-state index is 12.5. The average Bonchev–Trinajstić information content (AvgIpc) is 2.96. The molecule has 0 radical (unpaired) electrons. The highest BCUT2D eigenvalue weighted by molar-refractivity contribution is 5.83. The number of aromatic nitrogens is 3. The summed E-state index contributed by atoms with van der Waals surface area (Å²) in [6.07, 6.45) is 2.05. The minimum absolute atomic E-state index is 0.169. The molecule has 1 unspecified atom stereocenters. The van der Waals surface area contributed by atoms with Gasteiger partial charge in [0.1, 0.15) is 6.54 Å². The van der Waals surface area contributed by atoms with Crippen LogP contribution in [0.4, 0.5) is 0 Å². The van der Waals surface area contributed by atoms with Crippen LogP contribution < -0.4 is 5.56 Å². The number of hydrogen-bond donors (Lipinski definition) is 2. The Morgan fingerprint density at radius 1 is 1.48 bits per heavy atom. The predicted octanol–water partition coefficient (Wildman–Crippen LogP) is 0.585. The molecule has 0 saturated heterocycles. The molecule has 8 nitrogen and oxygen atoms in total. The molecule has 0 bridgehead atoms. The van der Waals surface area contributed by atoms with Crippen LogP contribution in [0.25, 0.3) is 5.65 Å². The monoisotopic (exact) mass is 320 g/mol. The van der Waals surface area contributed by atoms with E-state index in [2.05, 4.69) is 10.1 Å². The van der Waals surface area contributed by atoms with E-state index in [0.717, 1.165) is 0 Å². The molecule has 8 heteroatoms. The van der Waals surface area contributed by atoms with Gasteiger partial charge < -0.3 is 10.0 Å². The lowest BCUT2D eigenvalue weighted by Crippen LogP contribution is -2.43. The van der Waals surface area contributed by atoms with Gasteiger partial charge in [-0.1, -0.05) is 6.92 Å². The summed E-state index contributed by atoms with van der Waals surface area (Å²) in [5.74, 6) is -1.47. The molecule has 2 rings (SSSR count). The van der Waals surface area contributed by atoms with Crippen molar-refractivity contribution in [2.24, 2.45) is 0 Å². The lowest BCUT2D eigenvalue weighted by atomic mass is 10.1. The van der Waals surface area contributed by atoms with Crippen LogP contribution in [0.3, 0.4) is 0 Å². The molecule has 0 aliphatic carbocycles. The van der Waals surface area contributed by atoms with Crippen molar-refractivity contribution >= 4 is 17.5 Å². The summed E-state index contributed by atoms with van der Waals surface area (Å²) in [7, 11) is 0. The number of H-pyrrole nitrogens is 1. The van der Waals surface area contributed by atoms with Crippen molar-refractivity contribution in [2.45, 2.75) is 39.7 Å². The Kier molecular flexibility index (Phi) is 4.83. The normalized spacial score (nSPS) is 12.3. The molecule has 0 fully saturated rings. The van der Waals surface area contributed by atoms with Crippen molar-refractivity contribution < 1.29 is 14.7 Å². The number of carbonyl (C=O) groups excluding carboxylic acids is 1. The first-order valence-corrected chi connectivity index (χ1v) is 7.42. The van der Waals surface area contributed by atoms with E-state index in [9.17, 15) is 14.4 Å². The van der Waals surface area contributed by atoms with Crippen LogP contribution >= 0.6 is 0 Å². The number of nitrogens with zero attached hydrogens (tertiary/aromatic N) is 3. The van der Waals surface area contributed by atoms with Gasteiger partial charge in [0.25, 0.3) is 5.56 Å². The van der Waals surface area contributed by atoms with Gasteiger partial charge in [-0.15, -0.1) is 0 Å². The Labute approximate surface area is 132 Å². The fourth-order valence-electron chi connectivity index (χ4n) is 2.42. The zero-order chi connectivity index (χ0) is 17.1. The van der Waals surface area contributed by atoms with Crippen molar-refractivity contribution in [3.05, 3.63) is 33.9 Å². The number of aromatic amines is 1. The molecule has 0 aliphatic rings. The quantitative estimate of drug-likeness (QED) is 0.809. The molecule has 2 aromatic rings. The van der Waals surface area contributed by atoms with Gasteiger partial charge in [-0.25, -0.2) is 9.50 Å². The second kappa shape index (κ2) is 6.64. The maximum atomic E-state index is 12.5. The van der Waals surface area contributed by atoms with Crippen LogP contribution in [0.15, 0.2) is 17.1 Å². The van der Waals surface area contributed by atoms with Crippen molar-refractivity contribution in [2.75, 3.05) is 6.54 Å². The fourth-order valence-corrected chi connectivity index (χ4v) is 2.42. The molecule has 23 heavy (non-hydrogen) atoms. The van der Waals surface area contributed by atoms with E-state index in [1.54, 1.807) is 26.1 Å². The smallest absolute Gasteiger partial charge is 0.323 e. The van der Waals surface area contributed by atoms with Crippen molar-refractivity contribution in [3.63, 3.8) is 0 Å². The van der Waals surface area contributed by atoms with Crippen LogP contribution in [-0.4, -0.2) is 49.1 Å². The summed E-state index contributed by atoms with van der Waals surface area (Å²) >= 11 is 0. The number of nitrogens with one attached hydrogen (secondary N) is 1. The topological polar surface area (TPSA) is 108 Å². The van der Waals surface area contributed by atoms with E-state index in [1.165, 1.54) is 9.42 Å². The van der Waals surface area contributed by atoms with Gasteiger partial charge in [0, 0.05) is 29.6 Å². The molecular weight excluding hydrogens is 300 g/mol. The van der Waals surface area contributed by atoms with E-state index in [-0.39, 0.29) is 30.1 Å². The lowest BCUT2D eigenvalue weighted by molar-refractivity contribution is -0.145. The van der Waals surface area contributed by atoms with Crippen LogP contribution in [0, 0.1) is 6.92 Å². The number of fused-ring (bicyclic) bond motifs is 1. The lowest BCUT2D eigenvalue weighted by Gasteiger charge is -2.27. The van der Waals surface area contributed by atoms with E-state index in [4.69, 9.17) is 5.11 Å². The van der Waals surface area contributed by atoms with Gasteiger partial charge >= 0.3 is 5.97 Å². The summed E-state index contributed by atoms with van der Waals surface area (Å²) in [6.45, 7) is 4.95. The Balaban J connectivity index is 2.34. The Hall–Kier alpha value is -2.64. The number of amides is 1. The minimum Gasteiger partial charge on any atom is -0.480 e. The number of aryl methyl sites for hydroxylation is 1. The third kappa shape index (κ3) is 3.41. The SMILES string of the molecule is CCC(C)N(CC(=O)O)C(=O)Cc1c(C)nc2cc[nH]n2c1=O. The first-order valence-electron chi connectivity index (χ1n) is 7.42. The van der Waals surface area contributed by atoms with E-state index in [1.807, 2.05) is 6.92 Å². The molecule has 124 valence electrons. The molecule has 2 aromatic heterocycles. The molecule has 1 amide bonds. The summed E-state index contributed by atoms with van der Waals surface area (Å²) < 4.78 is 1.26. The Bertz CT molecular complexity index is 792. The van der Waals surface area contributed by atoms with E-state index >= 15 is 0 Å². The number of carbonyl (C=O) groups is 2. The first-order chi connectivity index (χ1) is 10.8. The summed E-state index contributed by atoms with van der Waals surface area (Å²) in [6, 6.07) is 1.44. The van der Waals surface area contributed by atoms with E-state index in [0.29, 0.717) is 17.8 Å². The molecule has 2 N–H and O–H groups in total. The second-order valence-corrected chi connectivity index (χ2v) is 5.49. The third-order valence-corrected chi connectivity index (χ3v) is 3.92. The van der Waals surface area contributed by atoms with Crippen LogP contribution in [0.1, 0.15) is 31.5 Å². The Morgan fingerprint density at radius 2 is 2.17 bits per heavy atom. The van der Waals surface area contributed by atoms with Gasteiger partial charge in [0.05, 0.1) is 6.42 Å². The second-order valence-electron chi connectivity index (χ2n) is 5.49. The number of carboxylic acid groups (broad SMARTS) is 1. The highest BCUT2D eigenvalue weighted by Crippen LogP contribution is 2.09. The fraction of sp³-hybridized carbons (Fsp3) is 0.467. The first kappa shape index (κ1) is 16.7. The Morgan fingerprint density at radius 3 is 2.78 bits per heavy atom. The number of carboxylic acids is 1. The maximum Gasteiger partial charge on any atom is 0.323 e. The van der Waals surface area contributed by atoms with Gasteiger partial charge in [-0.2, -0.15) is 0 Å². The van der Waals surface area contributed by atoms with Crippen LogP contribution in [-0.2, 0) is 16.0 Å².